The molecule has 0 radical (unpaired) electrons. The van der Waals surface area contributed by atoms with Crippen LogP contribution in [0, 0.1) is 0 Å². The highest BCUT2D eigenvalue weighted by molar-refractivity contribution is 14.0. The minimum absolute atomic E-state index is 0. The van der Waals surface area contributed by atoms with Gasteiger partial charge in [-0.15, -0.1) is 24.0 Å². The first-order chi connectivity index (χ1) is 11.1. The minimum atomic E-state index is -0.362. The molecule has 0 aliphatic heterocycles. The molecule has 0 heterocycles. The van der Waals surface area contributed by atoms with Crippen molar-refractivity contribution in [2.75, 3.05) is 19.5 Å². The van der Waals surface area contributed by atoms with Crippen molar-refractivity contribution in [3.8, 4) is 5.75 Å². The highest BCUT2D eigenvalue weighted by Gasteiger charge is 2.04. The van der Waals surface area contributed by atoms with Gasteiger partial charge in [0.25, 0.3) is 0 Å². The van der Waals surface area contributed by atoms with E-state index in [2.05, 4.69) is 15.0 Å². The number of methoxy groups -OCH3 is 2. The highest BCUT2D eigenvalue weighted by Crippen LogP contribution is 2.16. The summed E-state index contributed by atoms with van der Waals surface area (Å²) in [6.07, 6.45) is 0. The third-order valence-electron chi connectivity index (χ3n) is 3.15. The van der Waals surface area contributed by atoms with Crippen molar-refractivity contribution in [2.24, 2.45) is 10.7 Å². The number of nitrogens with two attached hydrogens (primary N) is 1. The van der Waals surface area contributed by atoms with Gasteiger partial charge in [0.15, 0.2) is 5.96 Å². The Morgan fingerprint density at radius 2 is 1.88 bits per heavy atom. The van der Waals surface area contributed by atoms with Gasteiger partial charge in [-0.2, -0.15) is 0 Å². The van der Waals surface area contributed by atoms with Crippen LogP contribution >= 0.6 is 24.0 Å². The van der Waals surface area contributed by atoms with Crippen LogP contribution in [0.1, 0.15) is 15.9 Å². The molecular formula is C17H20IN3O3. The van der Waals surface area contributed by atoms with E-state index in [9.17, 15) is 4.79 Å². The fourth-order valence-electron chi connectivity index (χ4n) is 1.93. The molecule has 2 aromatic rings. The second-order valence-electron chi connectivity index (χ2n) is 4.75. The molecular weight excluding hydrogens is 421 g/mol. The van der Waals surface area contributed by atoms with Gasteiger partial charge in [0, 0.05) is 11.8 Å². The molecule has 24 heavy (non-hydrogen) atoms. The Morgan fingerprint density at radius 3 is 2.50 bits per heavy atom. The second kappa shape index (κ2) is 9.76. The van der Waals surface area contributed by atoms with Crippen LogP contribution in [-0.4, -0.2) is 26.1 Å². The molecule has 3 N–H and O–H groups in total. The second-order valence-corrected chi connectivity index (χ2v) is 4.75. The van der Waals surface area contributed by atoms with E-state index in [0.29, 0.717) is 18.1 Å². The molecule has 0 amide bonds. The van der Waals surface area contributed by atoms with Crippen molar-refractivity contribution in [3.63, 3.8) is 0 Å². The molecule has 6 nitrogen and oxygen atoms in total. The topological polar surface area (TPSA) is 85.9 Å². The third-order valence-corrected chi connectivity index (χ3v) is 3.15. The molecule has 0 aliphatic rings. The summed E-state index contributed by atoms with van der Waals surface area (Å²) in [4.78, 5) is 15.6. The molecule has 0 aliphatic carbocycles. The summed E-state index contributed by atoms with van der Waals surface area (Å²) in [6.45, 7) is 0.407. The molecule has 128 valence electrons. The number of esters is 1. The van der Waals surface area contributed by atoms with Gasteiger partial charge in [-0.1, -0.05) is 18.2 Å². The van der Waals surface area contributed by atoms with Gasteiger partial charge in [-0.3, -0.25) is 0 Å². The largest absolute Gasteiger partial charge is 0.497 e. The number of benzene rings is 2. The molecule has 0 aromatic heterocycles. The zero-order valence-electron chi connectivity index (χ0n) is 13.5. The Labute approximate surface area is 158 Å². The van der Waals surface area contributed by atoms with E-state index in [4.69, 9.17) is 10.5 Å². The van der Waals surface area contributed by atoms with Gasteiger partial charge in [0.2, 0.25) is 0 Å². The van der Waals surface area contributed by atoms with Crippen molar-refractivity contribution in [3.05, 3.63) is 59.7 Å². The van der Waals surface area contributed by atoms with Gasteiger partial charge < -0.3 is 20.5 Å². The lowest BCUT2D eigenvalue weighted by atomic mass is 10.1. The van der Waals surface area contributed by atoms with E-state index in [1.165, 1.54) is 7.11 Å². The zero-order chi connectivity index (χ0) is 16.7. The van der Waals surface area contributed by atoms with Crippen molar-refractivity contribution < 1.29 is 14.3 Å². The summed E-state index contributed by atoms with van der Waals surface area (Å²) in [7, 11) is 2.96. The number of hydrogen-bond donors (Lipinski definition) is 2. The number of guanidine groups is 1. The van der Waals surface area contributed by atoms with Crippen LogP contribution in [0.25, 0.3) is 0 Å². The van der Waals surface area contributed by atoms with Crippen LogP contribution in [0.15, 0.2) is 53.5 Å². The molecule has 2 rings (SSSR count). The SMILES string of the molecule is COC(=O)c1ccc(CN=C(N)Nc2cccc(OC)c2)cc1.I. The average Bonchev–Trinajstić information content (AvgIpc) is 2.60. The van der Waals surface area contributed by atoms with Crippen LogP contribution in [0.4, 0.5) is 5.69 Å². The molecule has 0 bridgehead atoms. The summed E-state index contributed by atoms with van der Waals surface area (Å²) >= 11 is 0. The number of anilines is 1. The molecule has 0 atom stereocenters. The normalized spacial score (nSPS) is 10.5. The number of carbonyl (C=O) groups excluding carboxylic acids is 1. The first kappa shape index (κ1) is 19.8. The van der Waals surface area contributed by atoms with Gasteiger partial charge >= 0.3 is 5.97 Å². The number of carbonyl (C=O) groups is 1. The minimum Gasteiger partial charge on any atom is -0.497 e. The monoisotopic (exact) mass is 441 g/mol. The predicted octanol–water partition coefficient (Wildman–Crippen LogP) is 3.03. The number of nitrogens with zero attached hydrogens (tertiary/aromatic N) is 1. The lowest BCUT2D eigenvalue weighted by Crippen LogP contribution is -2.22. The van der Waals surface area contributed by atoms with E-state index in [1.54, 1.807) is 19.2 Å². The summed E-state index contributed by atoms with van der Waals surface area (Å²) in [5, 5.41) is 3.00. The lowest BCUT2D eigenvalue weighted by Gasteiger charge is -2.07. The Bertz CT molecular complexity index is 702. The first-order valence-corrected chi connectivity index (χ1v) is 7.00. The number of aliphatic imine (C=N–C) groups is 1. The Hall–Kier alpha value is -2.29. The quantitative estimate of drug-likeness (QED) is 0.323. The lowest BCUT2D eigenvalue weighted by molar-refractivity contribution is 0.0600. The third kappa shape index (κ3) is 5.73. The smallest absolute Gasteiger partial charge is 0.337 e. The van der Waals surface area contributed by atoms with Crippen molar-refractivity contribution in [1.82, 2.24) is 0 Å². The van der Waals surface area contributed by atoms with E-state index in [1.807, 2.05) is 36.4 Å². The van der Waals surface area contributed by atoms with Crippen LogP contribution in [0.5, 0.6) is 5.75 Å². The maximum Gasteiger partial charge on any atom is 0.337 e. The molecule has 0 spiro atoms. The van der Waals surface area contributed by atoms with Gasteiger partial charge in [-0.25, -0.2) is 9.79 Å². The molecule has 0 fully saturated rings. The number of rotatable bonds is 5. The summed E-state index contributed by atoms with van der Waals surface area (Å²) in [5.74, 6) is 0.677. The molecule has 0 unspecified atom stereocenters. The maximum absolute atomic E-state index is 11.4. The zero-order valence-corrected chi connectivity index (χ0v) is 15.8. The molecule has 0 saturated heterocycles. The van der Waals surface area contributed by atoms with E-state index in [0.717, 1.165) is 17.0 Å². The first-order valence-electron chi connectivity index (χ1n) is 7.00. The van der Waals surface area contributed by atoms with Crippen LogP contribution in [-0.2, 0) is 11.3 Å². The Kier molecular flexibility index (Phi) is 8.03. The Morgan fingerprint density at radius 1 is 1.17 bits per heavy atom. The summed E-state index contributed by atoms with van der Waals surface area (Å²) in [5.41, 5.74) is 8.11. The van der Waals surface area contributed by atoms with Gasteiger partial charge in [0.05, 0.1) is 26.3 Å². The fourth-order valence-corrected chi connectivity index (χ4v) is 1.93. The van der Waals surface area contributed by atoms with Crippen LogP contribution in [0.3, 0.4) is 0 Å². The summed E-state index contributed by atoms with van der Waals surface area (Å²) in [6, 6.07) is 14.4. The number of halogens is 1. The van der Waals surface area contributed by atoms with Gasteiger partial charge in [-0.05, 0) is 29.8 Å². The highest BCUT2D eigenvalue weighted by atomic mass is 127. The number of hydrogen-bond acceptors (Lipinski definition) is 4. The molecule has 0 saturated carbocycles. The standard InChI is InChI=1S/C17H19N3O3.HI/c1-22-15-5-3-4-14(10-15)20-17(18)19-11-12-6-8-13(9-7-12)16(21)23-2;/h3-10H,11H2,1-2H3,(H3,18,19,20);1H. The summed E-state index contributed by atoms with van der Waals surface area (Å²) < 4.78 is 9.80. The predicted molar refractivity (Wildman–Crippen MR) is 105 cm³/mol. The van der Waals surface area contributed by atoms with Crippen molar-refractivity contribution in [1.29, 1.82) is 0 Å². The Balaban J connectivity index is 0.00000288. The van der Waals surface area contributed by atoms with E-state index >= 15 is 0 Å². The van der Waals surface area contributed by atoms with Crippen molar-refractivity contribution >= 4 is 41.6 Å². The van der Waals surface area contributed by atoms with Crippen molar-refractivity contribution in [2.45, 2.75) is 6.54 Å². The van der Waals surface area contributed by atoms with Crippen LogP contribution in [0.2, 0.25) is 0 Å². The average molecular weight is 441 g/mol. The van der Waals surface area contributed by atoms with Crippen LogP contribution < -0.4 is 15.8 Å². The number of nitrogens with one attached hydrogen (secondary N) is 1. The number of ether oxygens (including phenoxy) is 2. The fraction of sp³-hybridized carbons (Fsp3) is 0.176. The molecule has 2 aromatic carbocycles. The maximum atomic E-state index is 11.4. The van der Waals surface area contributed by atoms with E-state index in [-0.39, 0.29) is 29.9 Å². The molecule has 7 heteroatoms. The van der Waals surface area contributed by atoms with E-state index < -0.39 is 0 Å². The van der Waals surface area contributed by atoms with Gasteiger partial charge in [0.1, 0.15) is 5.75 Å².